The van der Waals surface area contributed by atoms with Gasteiger partial charge >= 0.3 is 0 Å². The number of nitriles is 2. The summed E-state index contributed by atoms with van der Waals surface area (Å²) in [7, 11) is 0. The van der Waals surface area contributed by atoms with E-state index in [1.807, 2.05) is 30.3 Å². The van der Waals surface area contributed by atoms with Crippen molar-refractivity contribution in [3.8, 4) is 12.1 Å². The Kier molecular flexibility index (Phi) is 6.96. The molecule has 1 aliphatic rings. The van der Waals surface area contributed by atoms with Crippen LogP contribution in [0.3, 0.4) is 0 Å². The van der Waals surface area contributed by atoms with Crippen molar-refractivity contribution >= 4 is 5.91 Å². The number of carbonyl (C=O) groups is 1. The molecule has 170 valence electrons. The van der Waals surface area contributed by atoms with Gasteiger partial charge < -0.3 is 5.32 Å². The van der Waals surface area contributed by atoms with Crippen LogP contribution in [0.4, 0.5) is 8.78 Å². The number of carbonyl (C=O) groups excluding carboxylic acids is 1. The zero-order valence-corrected chi connectivity index (χ0v) is 18.3. The summed E-state index contributed by atoms with van der Waals surface area (Å²) in [5.41, 5.74) is 3.18. The van der Waals surface area contributed by atoms with E-state index in [0.717, 1.165) is 17.2 Å². The molecule has 3 aromatic carbocycles. The van der Waals surface area contributed by atoms with Gasteiger partial charge in [0.25, 0.3) is 5.91 Å². The van der Waals surface area contributed by atoms with Gasteiger partial charge in [0.15, 0.2) is 0 Å². The summed E-state index contributed by atoms with van der Waals surface area (Å²) < 4.78 is 27.3. The molecule has 0 bridgehead atoms. The maximum atomic E-state index is 14.3. The number of likely N-dealkylation sites (tertiary alicyclic amines) is 1. The Labute approximate surface area is 196 Å². The smallest absolute Gasteiger partial charge is 0.254 e. The molecule has 1 amide bonds. The van der Waals surface area contributed by atoms with Crippen molar-refractivity contribution < 1.29 is 13.6 Å². The van der Waals surface area contributed by atoms with Crippen LogP contribution in [0.25, 0.3) is 0 Å². The molecule has 1 saturated heterocycles. The Hall–Kier alpha value is -4.07. The SMILES string of the molecule is N#Cc1ccc([C@H](c2ccc(CF)cc2)N2CCC(NC(=O)c3ccc(C#N)cc3F)C2)cc1. The van der Waals surface area contributed by atoms with Crippen LogP contribution < -0.4 is 5.32 Å². The Morgan fingerprint density at radius 3 is 2.21 bits per heavy atom. The van der Waals surface area contributed by atoms with Gasteiger partial charge in [0, 0.05) is 19.1 Å². The summed E-state index contributed by atoms with van der Waals surface area (Å²) in [6.07, 6.45) is 0.680. The van der Waals surface area contributed by atoms with Crippen molar-refractivity contribution in [2.45, 2.75) is 25.2 Å². The van der Waals surface area contributed by atoms with Crippen LogP contribution in [0, 0.1) is 28.5 Å². The van der Waals surface area contributed by atoms with E-state index in [1.165, 1.54) is 12.1 Å². The highest BCUT2D eigenvalue weighted by Crippen LogP contribution is 2.32. The molecule has 0 saturated carbocycles. The second-order valence-corrected chi connectivity index (χ2v) is 8.27. The predicted molar refractivity (Wildman–Crippen MR) is 123 cm³/mol. The lowest BCUT2D eigenvalue weighted by Gasteiger charge is -2.29. The average molecular weight is 456 g/mol. The highest BCUT2D eigenvalue weighted by atomic mass is 19.1. The van der Waals surface area contributed by atoms with E-state index in [4.69, 9.17) is 10.5 Å². The number of rotatable bonds is 6. The molecule has 7 heteroatoms. The maximum absolute atomic E-state index is 14.3. The van der Waals surface area contributed by atoms with Gasteiger partial charge in [-0.1, -0.05) is 36.4 Å². The monoisotopic (exact) mass is 456 g/mol. The van der Waals surface area contributed by atoms with E-state index in [9.17, 15) is 13.6 Å². The molecule has 1 N–H and O–H groups in total. The molecule has 5 nitrogen and oxygen atoms in total. The van der Waals surface area contributed by atoms with Gasteiger partial charge in [-0.15, -0.1) is 0 Å². The fourth-order valence-corrected chi connectivity index (χ4v) is 4.31. The second-order valence-electron chi connectivity index (χ2n) is 8.27. The van der Waals surface area contributed by atoms with Crippen molar-refractivity contribution in [3.63, 3.8) is 0 Å². The van der Waals surface area contributed by atoms with E-state index < -0.39 is 18.4 Å². The first-order valence-corrected chi connectivity index (χ1v) is 10.9. The van der Waals surface area contributed by atoms with E-state index in [2.05, 4.69) is 16.3 Å². The van der Waals surface area contributed by atoms with E-state index in [-0.39, 0.29) is 23.2 Å². The molecule has 1 heterocycles. The molecule has 0 aromatic heterocycles. The van der Waals surface area contributed by atoms with Crippen molar-refractivity contribution in [3.05, 3.63) is 106 Å². The Bertz CT molecular complexity index is 1260. The molecular weight excluding hydrogens is 434 g/mol. The normalized spacial score (nSPS) is 16.4. The van der Waals surface area contributed by atoms with Crippen LogP contribution in [-0.4, -0.2) is 29.9 Å². The zero-order chi connectivity index (χ0) is 24.1. The van der Waals surface area contributed by atoms with Crippen molar-refractivity contribution in [2.75, 3.05) is 13.1 Å². The number of nitrogens with zero attached hydrogens (tertiary/aromatic N) is 3. The molecule has 4 rings (SSSR count). The minimum atomic E-state index is -0.727. The number of alkyl halides is 1. The largest absolute Gasteiger partial charge is 0.348 e. The molecule has 0 spiro atoms. The van der Waals surface area contributed by atoms with E-state index in [0.29, 0.717) is 30.6 Å². The topological polar surface area (TPSA) is 79.9 Å². The molecular formula is C27H22F2N4O. The molecule has 0 aliphatic carbocycles. The van der Waals surface area contributed by atoms with Crippen LogP contribution in [-0.2, 0) is 6.67 Å². The van der Waals surface area contributed by atoms with Gasteiger partial charge in [-0.2, -0.15) is 10.5 Å². The highest BCUT2D eigenvalue weighted by Gasteiger charge is 2.31. The van der Waals surface area contributed by atoms with Crippen molar-refractivity contribution in [2.24, 2.45) is 0 Å². The summed E-state index contributed by atoms with van der Waals surface area (Å²) >= 11 is 0. The molecule has 1 aliphatic heterocycles. The lowest BCUT2D eigenvalue weighted by molar-refractivity contribution is 0.0933. The van der Waals surface area contributed by atoms with Crippen LogP contribution in [0.2, 0.25) is 0 Å². The van der Waals surface area contributed by atoms with Crippen LogP contribution in [0.15, 0.2) is 66.7 Å². The zero-order valence-electron chi connectivity index (χ0n) is 18.3. The number of hydrogen-bond acceptors (Lipinski definition) is 4. The van der Waals surface area contributed by atoms with Gasteiger partial charge in [0.05, 0.1) is 34.9 Å². The Morgan fingerprint density at radius 1 is 1.00 bits per heavy atom. The quantitative estimate of drug-likeness (QED) is 0.586. The lowest BCUT2D eigenvalue weighted by Crippen LogP contribution is -2.38. The Balaban J connectivity index is 1.54. The first-order chi connectivity index (χ1) is 16.5. The number of nitrogens with one attached hydrogen (secondary N) is 1. The number of amides is 1. The molecule has 1 fully saturated rings. The van der Waals surface area contributed by atoms with Crippen LogP contribution in [0.1, 0.15) is 50.6 Å². The summed E-state index contributed by atoms with van der Waals surface area (Å²) in [5, 5.41) is 20.9. The second kappa shape index (κ2) is 10.2. The summed E-state index contributed by atoms with van der Waals surface area (Å²) in [6, 6.07) is 22.1. The molecule has 3 aromatic rings. The third-order valence-electron chi connectivity index (χ3n) is 6.07. The standard InChI is InChI=1S/C27H22F2N4O/c28-14-18-1-6-21(7-2-18)26(22-8-3-19(15-30)4-9-22)33-12-11-23(17-33)32-27(34)24-10-5-20(16-31)13-25(24)29/h1-10,13,23,26H,11-12,14,17H2,(H,32,34)/t23?,26-/m0/s1. The fraction of sp³-hybridized carbons (Fsp3) is 0.222. The number of hydrogen-bond donors (Lipinski definition) is 1. The molecule has 34 heavy (non-hydrogen) atoms. The van der Waals surface area contributed by atoms with Gasteiger partial charge in [-0.25, -0.2) is 8.78 Å². The fourth-order valence-electron chi connectivity index (χ4n) is 4.31. The van der Waals surface area contributed by atoms with E-state index in [1.54, 1.807) is 24.3 Å². The first-order valence-electron chi connectivity index (χ1n) is 10.9. The third kappa shape index (κ3) is 4.96. The van der Waals surface area contributed by atoms with Crippen LogP contribution in [0.5, 0.6) is 0 Å². The highest BCUT2D eigenvalue weighted by molar-refractivity contribution is 5.94. The summed E-state index contributed by atoms with van der Waals surface area (Å²) in [5.74, 6) is -1.24. The van der Waals surface area contributed by atoms with Crippen molar-refractivity contribution in [1.82, 2.24) is 10.2 Å². The lowest BCUT2D eigenvalue weighted by atomic mass is 9.95. The average Bonchev–Trinajstić information content (AvgIpc) is 3.32. The minimum Gasteiger partial charge on any atom is -0.348 e. The van der Waals surface area contributed by atoms with Crippen molar-refractivity contribution in [1.29, 1.82) is 10.5 Å². The number of benzene rings is 3. The summed E-state index contributed by atoms with van der Waals surface area (Å²) in [6.45, 7) is 0.695. The molecule has 2 atom stereocenters. The minimum absolute atomic E-state index is 0.0945. The number of halogens is 2. The van der Waals surface area contributed by atoms with Gasteiger partial charge in [-0.05, 0) is 53.4 Å². The Morgan fingerprint density at radius 2 is 1.62 bits per heavy atom. The van der Waals surface area contributed by atoms with Crippen LogP contribution >= 0.6 is 0 Å². The summed E-state index contributed by atoms with van der Waals surface area (Å²) in [4.78, 5) is 14.9. The first kappa shape index (κ1) is 23.1. The third-order valence-corrected chi connectivity index (χ3v) is 6.07. The predicted octanol–water partition coefficient (Wildman–Crippen LogP) is 4.63. The maximum Gasteiger partial charge on any atom is 0.254 e. The molecule has 1 unspecified atom stereocenters. The van der Waals surface area contributed by atoms with Gasteiger partial charge in [0.1, 0.15) is 12.5 Å². The van der Waals surface area contributed by atoms with Gasteiger partial charge in [0.2, 0.25) is 0 Å². The van der Waals surface area contributed by atoms with Gasteiger partial charge in [-0.3, -0.25) is 9.69 Å². The van der Waals surface area contributed by atoms with E-state index >= 15 is 0 Å². The molecule has 0 radical (unpaired) electrons.